The molecule has 1 N–H and O–H groups in total. The van der Waals surface area contributed by atoms with Crippen molar-refractivity contribution >= 4 is 10.9 Å². The maximum absolute atomic E-state index is 12.3. The van der Waals surface area contributed by atoms with Crippen LogP contribution in [0.15, 0.2) is 18.3 Å². The Balaban J connectivity index is 1.92. The second kappa shape index (κ2) is 5.59. The molecule has 1 aromatic carbocycles. The van der Waals surface area contributed by atoms with Crippen molar-refractivity contribution in [1.82, 2.24) is 14.8 Å². The van der Waals surface area contributed by atoms with Crippen LogP contribution in [0.3, 0.4) is 0 Å². The molecule has 1 aromatic heterocycles. The van der Waals surface area contributed by atoms with Gasteiger partial charge in [-0.2, -0.15) is 13.2 Å². The fraction of sp³-hybridized carbons (Fsp3) is 0.500. The van der Waals surface area contributed by atoms with Crippen LogP contribution in [-0.4, -0.2) is 29.2 Å². The van der Waals surface area contributed by atoms with Gasteiger partial charge in [-0.3, -0.25) is 4.90 Å². The molecule has 0 unspecified atom stereocenters. The van der Waals surface area contributed by atoms with E-state index < -0.39 is 12.7 Å². The third kappa shape index (κ3) is 2.98. The summed E-state index contributed by atoms with van der Waals surface area (Å²) in [7, 11) is 2.07. The zero-order valence-electron chi connectivity index (χ0n) is 12.8. The Bertz CT molecular complexity index is 688. The molecule has 6 heteroatoms. The van der Waals surface area contributed by atoms with Crippen LogP contribution in [0.2, 0.25) is 0 Å². The Hall–Kier alpha value is -1.53. The number of nitrogens with one attached hydrogen (secondary N) is 1. The number of aromatic nitrogens is 1. The van der Waals surface area contributed by atoms with E-state index in [0.717, 1.165) is 36.1 Å². The Morgan fingerprint density at radius 3 is 2.50 bits per heavy atom. The smallest absolute Gasteiger partial charge is 0.347 e. The first-order valence-corrected chi connectivity index (χ1v) is 7.47. The van der Waals surface area contributed by atoms with Gasteiger partial charge in [0.05, 0.1) is 6.54 Å². The van der Waals surface area contributed by atoms with Gasteiger partial charge in [-0.25, -0.2) is 0 Å². The number of nitrogens with zero attached hydrogens (tertiary/aromatic N) is 2. The molecule has 3 rings (SSSR count). The number of hydrogen-bond donors (Lipinski definition) is 1. The Labute approximate surface area is 127 Å². The van der Waals surface area contributed by atoms with Crippen molar-refractivity contribution in [1.29, 1.82) is 0 Å². The monoisotopic (exact) mass is 311 g/mol. The summed E-state index contributed by atoms with van der Waals surface area (Å²) in [6, 6.07) is 4.33. The van der Waals surface area contributed by atoms with Crippen LogP contribution in [0.5, 0.6) is 0 Å². The average Bonchev–Trinajstić information content (AvgIpc) is 2.94. The minimum absolute atomic E-state index is 0.234. The Morgan fingerprint density at radius 2 is 1.86 bits per heavy atom. The van der Waals surface area contributed by atoms with E-state index in [1.165, 1.54) is 11.1 Å². The number of hydrogen-bond acceptors (Lipinski definition) is 2. The fourth-order valence-electron chi connectivity index (χ4n) is 3.17. The largest absolute Gasteiger partial charge is 0.401 e. The minimum atomic E-state index is -4.17. The molecule has 0 fully saturated rings. The third-order valence-electron chi connectivity index (χ3n) is 4.15. The topological polar surface area (TPSA) is 20.2 Å². The molecular weight excluding hydrogens is 291 g/mol. The van der Waals surface area contributed by atoms with E-state index in [0.29, 0.717) is 0 Å². The lowest BCUT2D eigenvalue weighted by Crippen LogP contribution is -2.28. The molecule has 0 amide bonds. The van der Waals surface area contributed by atoms with Gasteiger partial charge < -0.3 is 9.88 Å². The van der Waals surface area contributed by atoms with Gasteiger partial charge in [0.2, 0.25) is 0 Å². The zero-order chi connectivity index (χ0) is 15.9. The Kier molecular flexibility index (Phi) is 3.91. The van der Waals surface area contributed by atoms with Crippen LogP contribution >= 0.6 is 0 Å². The van der Waals surface area contributed by atoms with Crippen molar-refractivity contribution in [2.45, 2.75) is 39.3 Å². The second-order valence-electron chi connectivity index (χ2n) is 5.97. The van der Waals surface area contributed by atoms with Crippen LogP contribution in [0, 0.1) is 0 Å². The molecule has 0 radical (unpaired) electrons. The van der Waals surface area contributed by atoms with Crippen LogP contribution in [-0.2, 0) is 26.2 Å². The van der Waals surface area contributed by atoms with Crippen molar-refractivity contribution in [2.24, 2.45) is 0 Å². The molecule has 22 heavy (non-hydrogen) atoms. The van der Waals surface area contributed by atoms with Gasteiger partial charge in [0, 0.05) is 43.3 Å². The zero-order valence-corrected chi connectivity index (χ0v) is 12.8. The highest BCUT2D eigenvalue weighted by Crippen LogP contribution is 2.30. The lowest BCUT2D eigenvalue weighted by Gasteiger charge is -2.07. The molecule has 1 aliphatic heterocycles. The molecule has 0 atom stereocenters. The van der Waals surface area contributed by atoms with Crippen molar-refractivity contribution in [2.75, 3.05) is 13.6 Å². The van der Waals surface area contributed by atoms with Gasteiger partial charge in [0.1, 0.15) is 0 Å². The normalized spacial score (nSPS) is 15.7. The number of alkyl halides is 3. The first-order chi connectivity index (χ1) is 10.4. The maximum Gasteiger partial charge on any atom is 0.401 e. The number of fused-ring (bicyclic) bond motifs is 2. The molecule has 120 valence electrons. The van der Waals surface area contributed by atoms with Gasteiger partial charge in [-0.15, -0.1) is 0 Å². The van der Waals surface area contributed by atoms with E-state index in [4.69, 9.17) is 0 Å². The molecule has 0 bridgehead atoms. The fourth-order valence-corrected chi connectivity index (χ4v) is 3.17. The number of halogens is 3. The first-order valence-electron chi connectivity index (χ1n) is 7.47. The highest BCUT2D eigenvalue weighted by Gasteiger charge is 2.26. The summed E-state index contributed by atoms with van der Waals surface area (Å²) >= 11 is 0. The summed E-state index contributed by atoms with van der Waals surface area (Å²) in [4.78, 5) is 2.24. The predicted octanol–water partition coefficient (Wildman–Crippen LogP) is 3.26. The molecular formula is C16H20F3N3. The first kappa shape index (κ1) is 15.4. The number of benzene rings is 1. The quantitative estimate of drug-likeness (QED) is 0.935. The lowest BCUT2D eigenvalue weighted by atomic mass is 10.1. The van der Waals surface area contributed by atoms with Crippen LogP contribution < -0.4 is 5.32 Å². The molecule has 0 aliphatic carbocycles. The van der Waals surface area contributed by atoms with E-state index in [1.54, 1.807) is 0 Å². The summed E-state index contributed by atoms with van der Waals surface area (Å²) in [5.74, 6) is 0. The average molecular weight is 311 g/mol. The molecule has 0 saturated heterocycles. The summed E-state index contributed by atoms with van der Waals surface area (Å²) in [6.07, 6.45) is -2.21. The highest BCUT2D eigenvalue weighted by molar-refractivity contribution is 5.86. The number of aryl methyl sites for hydroxylation is 1. The molecule has 1 aliphatic rings. The van der Waals surface area contributed by atoms with Gasteiger partial charge in [-0.05, 0) is 42.8 Å². The van der Waals surface area contributed by atoms with E-state index in [2.05, 4.69) is 34.0 Å². The van der Waals surface area contributed by atoms with Gasteiger partial charge >= 0.3 is 6.18 Å². The predicted molar refractivity (Wildman–Crippen MR) is 80.5 cm³/mol. The van der Waals surface area contributed by atoms with Gasteiger partial charge in [-0.1, -0.05) is 0 Å². The van der Waals surface area contributed by atoms with Gasteiger partial charge in [0.15, 0.2) is 0 Å². The minimum Gasteiger partial charge on any atom is -0.347 e. The summed E-state index contributed by atoms with van der Waals surface area (Å²) < 4.78 is 39.0. The summed E-state index contributed by atoms with van der Waals surface area (Å²) in [5, 5.41) is 3.56. The van der Waals surface area contributed by atoms with E-state index in [9.17, 15) is 13.2 Å². The van der Waals surface area contributed by atoms with Crippen LogP contribution in [0.1, 0.15) is 23.6 Å². The van der Waals surface area contributed by atoms with Crippen molar-refractivity contribution < 1.29 is 13.2 Å². The number of rotatable bonds is 4. The molecule has 3 nitrogen and oxygen atoms in total. The molecule has 0 spiro atoms. The molecule has 2 aromatic rings. The van der Waals surface area contributed by atoms with Crippen LogP contribution in [0.4, 0.5) is 13.2 Å². The third-order valence-corrected chi connectivity index (χ3v) is 4.15. The standard InChI is InChI=1S/C16H20F3N3/c1-3-22-9-13(6-20-10-16(17,18)19)14-4-11-7-21(2)8-12(11)5-15(14)22/h4-5,9,20H,3,6-8,10H2,1-2H3. The summed E-state index contributed by atoms with van der Waals surface area (Å²) in [5.41, 5.74) is 4.64. The van der Waals surface area contributed by atoms with E-state index >= 15 is 0 Å². The SMILES string of the molecule is CCn1cc(CNCC(F)(F)F)c2cc3c(cc21)CN(C)C3. The maximum atomic E-state index is 12.3. The second-order valence-corrected chi connectivity index (χ2v) is 5.97. The van der Waals surface area contributed by atoms with Crippen molar-refractivity contribution in [3.05, 3.63) is 35.0 Å². The Morgan fingerprint density at radius 1 is 1.18 bits per heavy atom. The summed E-state index contributed by atoms with van der Waals surface area (Å²) in [6.45, 7) is 3.97. The highest BCUT2D eigenvalue weighted by atomic mass is 19.4. The van der Waals surface area contributed by atoms with Crippen molar-refractivity contribution in [3.8, 4) is 0 Å². The van der Waals surface area contributed by atoms with E-state index in [1.807, 2.05) is 13.1 Å². The molecule has 0 saturated carbocycles. The molecule has 2 heterocycles. The van der Waals surface area contributed by atoms with Crippen LogP contribution in [0.25, 0.3) is 10.9 Å². The van der Waals surface area contributed by atoms with E-state index in [-0.39, 0.29) is 6.54 Å². The lowest BCUT2D eigenvalue weighted by molar-refractivity contribution is -0.125. The van der Waals surface area contributed by atoms with Gasteiger partial charge in [0.25, 0.3) is 0 Å². The van der Waals surface area contributed by atoms with Crippen molar-refractivity contribution in [3.63, 3.8) is 0 Å².